The van der Waals surface area contributed by atoms with Gasteiger partial charge >= 0.3 is 0 Å². The van der Waals surface area contributed by atoms with Crippen molar-refractivity contribution in [3.05, 3.63) is 0 Å². The van der Waals surface area contributed by atoms with Crippen LogP contribution in [0.1, 0.15) is 32.6 Å². The lowest BCUT2D eigenvalue weighted by Crippen LogP contribution is -2.35. The molecule has 0 amide bonds. The van der Waals surface area contributed by atoms with Crippen LogP contribution in [-0.2, 0) is 0 Å². The Morgan fingerprint density at radius 3 is 2.45 bits per heavy atom. The van der Waals surface area contributed by atoms with Gasteiger partial charge in [-0.3, -0.25) is 0 Å². The molecule has 1 aliphatic carbocycles. The summed E-state index contributed by atoms with van der Waals surface area (Å²) in [6.45, 7) is 3.38. The molecule has 0 heterocycles. The van der Waals surface area contributed by atoms with Crippen LogP contribution in [0.25, 0.3) is 0 Å². The van der Waals surface area contributed by atoms with Crippen molar-refractivity contribution in [1.29, 1.82) is 0 Å². The molecule has 1 fully saturated rings. The molecule has 66 valence electrons. The summed E-state index contributed by atoms with van der Waals surface area (Å²) in [5.41, 5.74) is 0.438. The van der Waals surface area contributed by atoms with Gasteiger partial charge in [0.2, 0.25) is 0 Å². The zero-order chi connectivity index (χ0) is 8.32. The second-order valence-electron chi connectivity index (χ2n) is 4.07. The standard InChI is InChI=1S/C9H19NO/c1-9(7-10-2)5-3-8(11)4-6-9/h8,10-11H,3-7H2,1-2H3. The van der Waals surface area contributed by atoms with Crippen LogP contribution in [-0.4, -0.2) is 24.8 Å². The fraction of sp³-hybridized carbons (Fsp3) is 1.00. The number of nitrogens with one attached hydrogen (secondary N) is 1. The number of hydrogen-bond donors (Lipinski definition) is 2. The van der Waals surface area contributed by atoms with Crippen molar-refractivity contribution in [3.63, 3.8) is 0 Å². The van der Waals surface area contributed by atoms with Crippen LogP contribution in [0.5, 0.6) is 0 Å². The lowest BCUT2D eigenvalue weighted by molar-refractivity contribution is 0.0722. The molecule has 0 unspecified atom stereocenters. The zero-order valence-corrected chi connectivity index (χ0v) is 7.56. The van der Waals surface area contributed by atoms with Crippen molar-refractivity contribution in [3.8, 4) is 0 Å². The third-order valence-electron chi connectivity index (χ3n) is 2.77. The molecule has 0 saturated heterocycles. The molecule has 1 aliphatic rings. The largest absolute Gasteiger partial charge is 0.393 e. The third-order valence-corrected chi connectivity index (χ3v) is 2.77. The smallest absolute Gasteiger partial charge is 0.0540 e. The predicted octanol–water partition coefficient (Wildman–Crippen LogP) is 1.15. The van der Waals surface area contributed by atoms with Crippen LogP contribution in [0.3, 0.4) is 0 Å². The van der Waals surface area contributed by atoms with E-state index in [9.17, 15) is 5.11 Å². The van der Waals surface area contributed by atoms with E-state index in [0.29, 0.717) is 5.41 Å². The molecule has 0 aromatic carbocycles. The maximum Gasteiger partial charge on any atom is 0.0540 e. The van der Waals surface area contributed by atoms with Gasteiger partial charge in [0.1, 0.15) is 0 Å². The molecular formula is C9H19NO. The summed E-state index contributed by atoms with van der Waals surface area (Å²) in [7, 11) is 2.00. The Bertz CT molecular complexity index is 117. The zero-order valence-electron chi connectivity index (χ0n) is 7.56. The van der Waals surface area contributed by atoms with Crippen LogP contribution in [0.2, 0.25) is 0 Å². The van der Waals surface area contributed by atoms with E-state index in [4.69, 9.17) is 0 Å². The van der Waals surface area contributed by atoms with Gasteiger partial charge < -0.3 is 10.4 Å². The van der Waals surface area contributed by atoms with Crippen molar-refractivity contribution >= 4 is 0 Å². The van der Waals surface area contributed by atoms with Gasteiger partial charge in [0.15, 0.2) is 0 Å². The molecule has 11 heavy (non-hydrogen) atoms. The Morgan fingerprint density at radius 1 is 1.45 bits per heavy atom. The van der Waals surface area contributed by atoms with Gasteiger partial charge in [0, 0.05) is 6.54 Å². The highest BCUT2D eigenvalue weighted by Gasteiger charge is 2.29. The Kier molecular flexibility index (Phi) is 2.90. The van der Waals surface area contributed by atoms with Crippen LogP contribution < -0.4 is 5.32 Å². The van der Waals surface area contributed by atoms with Gasteiger partial charge in [0.05, 0.1) is 6.10 Å². The molecule has 1 rings (SSSR count). The molecule has 2 nitrogen and oxygen atoms in total. The quantitative estimate of drug-likeness (QED) is 0.630. The maximum atomic E-state index is 9.29. The molecule has 0 atom stereocenters. The van der Waals surface area contributed by atoms with Crippen molar-refractivity contribution < 1.29 is 5.11 Å². The van der Waals surface area contributed by atoms with E-state index in [1.807, 2.05) is 7.05 Å². The molecule has 2 N–H and O–H groups in total. The minimum absolute atomic E-state index is 0.0278. The van der Waals surface area contributed by atoms with E-state index in [1.54, 1.807) is 0 Å². The average Bonchev–Trinajstić information content (AvgIpc) is 1.97. The lowest BCUT2D eigenvalue weighted by atomic mass is 9.75. The van der Waals surface area contributed by atoms with E-state index < -0.39 is 0 Å². The molecule has 0 aliphatic heterocycles. The Morgan fingerprint density at radius 2 is 2.00 bits per heavy atom. The SMILES string of the molecule is CNCC1(C)CCC(O)CC1. The molecule has 0 bridgehead atoms. The molecular weight excluding hydrogens is 138 g/mol. The summed E-state index contributed by atoms with van der Waals surface area (Å²) in [4.78, 5) is 0. The normalized spacial score (nSPS) is 39.0. The minimum Gasteiger partial charge on any atom is -0.393 e. The predicted molar refractivity (Wildman–Crippen MR) is 46.5 cm³/mol. The molecule has 2 heteroatoms. The fourth-order valence-corrected chi connectivity index (χ4v) is 1.90. The van der Waals surface area contributed by atoms with Gasteiger partial charge in [-0.15, -0.1) is 0 Å². The van der Waals surface area contributed by atoms with E-state index in [-0.39, 0.29) is 6.10 Å². The number of aliphatic hydroxyl groups excluding tert-OH is 1. The van der Waals surface area contributed by atoms with E-state index in [0.717, 1.165) is 32.2 Å². The molecule has 0 aromatic rings. The fourth-order valence-electron chi connectivity index (χ4n) is 1.90. The summed E-state index contributed by atoms with van der Waals surface area (Å²) >= 11 is 0. The van der Waals surface area contributed by atoms with E-state index in [1.165, 1.54) is 0 Å². The minimum atomic E-state index is -0.0278. The molecule has 0 spiro atoms. The van der Waals surface area contributed by atoms with Gasteiger partial charge in [0.25, 0.3) is 0 Å². The summed E-state index contributed by atoms with van der Waals surface area (Å²) < 4.78 is 0. The Hall–Kier alpha value is -0.0800. The second kappa shape index (κ2) is 3.55. The Labute approximate surface area is 69.0 Å². The van der Waals surface area contributed by atoms with Crippen molar-refractivity contribution in [1.82, 2.24) is 5.32 Å². The van der Waals surface area contributed by atoms with Crippen LogP contribution in [0, 0.1) is 5.41 Å². The van der Waals surface area contributed by atoms with Gasteiger partial charge in [-0.1, -0.05) is 6.92 Å². The summed E-state index contributed by atoms with van der Waals surface area (Å²) in [6.07, 6.45) is 4.26. The molecule has 0 radical (unpaired) electrons. The van der Waals surface area contributed by atoms with Gasteiger partial charge in [-0.25, -0.2) is 0 Å². The summed E-state index contributed by atoms with van der Waals surface area (Å²) in [5, 5.41) is 12.5. The highest BCUT2D eigenvalue weighted by molar-refractivity contribution is 4.83. The number of hydrogen-bond acceptors (Lipinski definition) is 2. The molecule has 0 aromatic heterocycles. The highest BCUT2D eigenvalue weighted by atomic mass is 16.3. The van der Waals surface area contributed by atoms with Crippen LogP contribution in [0.4, 0.5) is 0 Å². The summed E-state index contributed by atoms with van der Waals surface area (Å²) in [6, 6.07) is 0. The van der Waals surface area contributed by atoms with Crippen molar-refractivity contribution in [2.24, 2.45) is 5.41 Å². The lowest BCUT2D eigenvalue weighted by Gasteiger charge is -2.35. The first-order valence-corrected chi connectivity index (χ1v) is 4.49. The topological polar surface area (TPSA) is 32.3 Å². The molecule has 1 saturated carbocycles. The van der Waals surface area contributed by atoms with Gasteiger partial charge in [-0.05, 0) is 38.1 Å². The monoisotopic (exact) mass is 157 g/mol. The van der Waals surface area contributed by atoms with Crippen molar-refractivity contribution in [2.45, 2.75) is 38.7 Å². The van der Waals surface area contributed by atoms with E-state index >= 15 is 0 Å². The Balaban J connectivity index is 2.35. The first-order chi connectivity index (χ1) is 5.16. The first-order valence-electron chi connectivity index (χ1n) is 4.49. The summed E-state index contributed by atoms with van der Waals surface area (Å²) in [5.74, 6) is 0. The second-order valence-corrected chi connectivity index (χ2v) is 4.07. The van der Waals surface area contributed by atoms with Gasteiger partial charge in [-0.2, -0.15) is 0 Å². The van der Waals surface area contributed by atoms with Crippen LogP contribution in [0.15, 0.2) is 0 Å². The highest BCUT2D eigenvalue weighted by Crippen LogP contribution is 2.34. The number of aliphatic hydroxyl groups is 1. The number of rotatable bonds is 2. The van der Waals surface area contributed by atoms with Crippen LogP contribution >= 0.6 is 0 Å². The van der Waals surface area contributed by atoms with E-state index in [2.05, 4.69) is 12.2 Å². The third kappa shape index (κ3) is 2.46. The average molecular weight is 157 g/mol. The first kappa shape index (κ1) is 9.01. The maximum absolute atomic E-state index is 9.29. The van der Waals surface area contributed by atoms with Crippen molar-refractivity contribution in [2.75, 3.05) is 13.6 Å².